The van der Waals surface area contributed by atoms with Crippen LogP contribution in [-0.2, 0) is 10.4 Å². The molecule has 0 radical (unpaired) electrons. The normalized spacial score (nSPS) is 12.2. The van der Waals surface area contributed by atoms with Crippen molar-refractivity contribution in [3.05, 3.63) is 34.3 Å². The quantitative estimate of drug-likeness (QED) is 0.0605. The second-order valence-corrected chi connectivity index (χ2v) is 15.7. The minimum atomic E-state index is -5.17. The van der Waals surface area contributed by atoms with E-state index >= 15 is 0 Å². The Morgan fingerprint density at radius 1 is 0.571 bits per heavy atom. The van der Waals surface area contributed by atoms with Crippen molar-refractivity contribution in [2.24, 2.45) is 0 Å². The van der Waals surface area contributed by atoms with Crippen LogP contribution < -0.4 is 0 Å². The summed E-state index contributed by atoms with van der Waals surface area (Å²) in [4.78, 5) is 0. The maximum atomic E-state index is 9.13. The van der Waals surface area contributed by atoms with E-state index in [1.54, 1.807) is 6.92 Å². The van der Waals surface area contributed by atoms with Crippen LogP contribution >= 0.6 is 15.9 Å². The number of hydrogen-bond donors (Lipinski definition) is 1. The highest BCUT2D eigenvalue weighted by Crippen LogP contribution is 2.18. The van der Waals surface area contributed by atoms with Crippen molar-refractivity contribution in [2.75, 3.05) is 52.4 Å². The lowest BCUT2D eigenvalue weighted by molar-refractivity contribution is -0.929. The molecule has 0 fully saturated rings. The maximum absolute atomic E-state index is 9.13. The number of aliphatic hydroxyl groups excluding tert-OH is 1. The summed E-state index contributed by atoms with van der Waals surface area (Å²) in [5.41, 5.74) is 0.939. The SMILES string of the molecule is CC(O)c1cccc(Br)c1.CCCC[N+](CCCC)(CCCC)CCCC.CCCC[N+](CCCC)(CCCC)CCCC.O=S(=O)([O-])[O-]. The zero-order valence-corrected chi connectivity index (χ0v) is 36.0. The Morgan fingerprint density at radius 3 is 0.939 bits per heavy atom. The van der Waals surface area contributed by atoms with E-state index in [1.165, 1.54) is 164 Å². The van der Waals surface area contributed by atoms with Gasteiger partial charge in [-0.3, -0.25) is 8.42 Å². The molecule has 1 N–H and O–H groups in total. The Hall–Kier alpha value is -0.550. The second kappa shape index (κ2) is 34.5. The lowest BCUT2D eigenvalue weighted by Crippen LogP contribution is -2.50. The lowest BCUT2D eigenvalue weighted by Gasteiger charge is -2.39. The van der Waals surface area contributed by atoms with Gasteiger partial charge < -0.3 is 23.2 Å². The molecule has 0 spiro atoms. The zero-order chi connectivity index (χ0) is 38.0. The molecule has 0 saturated heterocycles. The van der Waals surface area contributed by atoms with Crippen LogP contribution in [0.25, 0.3) is 0 Å². The van der Waals surface area contributed by atoms with Gasteiger partial charge in [0.2, 0.25) is 0 Å². The van der Waals surface area contributed by atoms with Crippen molar-refractivity contribution in [2.45, 2.75) is 171 Å². The molecule has 0 aromatic heterocycles. The van der Waals surface area contributed by atoms with Crippen LogP contribution in [0.1, 0.15) is 177 Å². The molecule has 0 aliphatic heterocycles. The van der Waals surface area contributed by atoms with Crippen LogP contribution in [0.3, 0.4) is 0 Å². The van der Waals surface area contributed by atoms with Crippen LogP contribution in [0.5, 0.6) is 0 Å². The van der Waals surface area contributed by atoms with E-state index in [2.05, 4.69) is 71.3 Å². The summed E-state index contributed by atoms with van der Waals surface area (Å²) >= 11 is 3.32. The van der Waals surface area contributed by atoms with E-state index in [1.807, 2.05) is 24.3 Å². The first-order valence-electron chi connectivity index (χ1n) is 20.0. The van der Waals surface area contributed by atoms with Gasteiger partial charge in [-0.05, 0) is 76.0 Å². The molecule has 1 aromatic carbocycles. The minimum Gasteiger partial charge on any atom is -0.759 e. The summed E-state index contributed by atoms with van der Waals surface area (Å²) in [5.74, 6) is 0. The Morgan fingerprint density at radius 2 is 0.796 bits per heavy atom. The first kappa shape index (κ1) is 52.8. The molecular formula is C40H81BrN2O5S. The molecule has 0 bridgehead atoms. The molecule has 0 saturated carbocycles. The summed E-state index contributed by atoms with van der Waals surface area (Å²) in [5, 5.41) is 9.13. The van der Waals surface area contributed by atoms with Gasteiger partial charge in [-0.25, -0.2) is 0 Å². The number of unbranched alkanes of at least 4 members (excludes halogenated alkanes) is 8. The van der Waals surface area contributed by atoms with Crippen molar-refractivity contribution >= 4 is 26.3 Å². The topological polar surface area (TPSA) is 100 Å². The molecule has 0 aliphatic rings. The molecule has 294 valence electrons. The number of rotatable bonds is 25. The third-order valence-electron chi connectivity index (χ3n) is 9.22. The van der Waals surface area contributed by atoms with Crippen LogP contribution in [0.15, 0.2) is 28.7 Å². The van der Waals surface area contributed by atoms with E-state index < -0.39 is 10.4 Å². The van der Waals surface area contributed by atoms with Crippen LogP contribution in [0.2, 0.25) is 0 Å². The van der Waals surface area contributed by atoms with Crippen molar-refractivity contribution in [3.8, 4) is 0 Å². The molecule has 7 nitrogen and oxygen atoms in total. The first-order chi connectivity index (χ1) is 23.2. The lowest BCUT2D eigenvalue weighted by atomic mass is 10.1. The van der Waals surface area contributed by atoms with E-state index in [9.17, 15) is 0 Å². The largest absolute Gasteiger partial charge is 0.759 e. The van der Waals surface area contributed by atoms with Gasteiger partial charge in [0, 0.05) is 14.9 Å². The van der Waals surface area contributed by atoms with Gasteiger partial charge in [0.15, 0.2) is 0 Å². The third-order valence-corrected chi connectivity index (χ3v) is 9.71. The molecule has 9 heteroatoms. The molecule has 1 unspecified atom stereocenters. The molecule has 1 atom stereocenters. The average Bonchev–Trinajstić information content (AvgIpc) is 3.07. The van der Waals surface area contributed by atoms with Gasteiger partial charge in [0.25, 0.3) is 0 Å². The predicted octanol–water partition coefficient (Wildman–Crippen LogP) is 11.2. The Balaban J connectivity index is -0.000000620. The molecule has 0 aliphatic carbocycles. The summed E-state index contributed by atoms with van der Waals surface area (Å²) in [6.07, 6.45) is 21.7. The second-order valence-electron chi connectivity index (χ2n) is 13.9. The summed E-state index contributed by atoms with van der Waals surface area (Å²) in [6, 6.07) is 7.65. The number of benzene rings is 1. The maximum Gasteiger partial charge on any atom is 0.0786 e. The van der Waals surface area contributed by atoms with Gasteiger partial charge in [-0.2, -0.15) is 0 Å². The van der Waals surface area contributed by atoms with Crippen LogP contribution in [-0.4, -0.2) is 84.0 Å². The Kier molecular flexibility index (Phi) is 37.2. The highest BCUT2D eigenvalue weighted by atomic mass is 79.9. The highest BCUT2D eigenvalue weighted by Gasteiger charge is 2.25. The number of nitrogens with zero attached hydrogens (tertiary/aromatic N) is 2. The average molecular weight is 782 g/mol. The molecule has 0 heterocycles. The predicted molar refractivity (Wildman–Crippen MR) is 214 cm³/mol. The van der Waals surface area contributed by atoms with Crippen LogP contribution in [0.4, 0.5) is 0 Å². The third kappa shape index (κ3) is 34.3. The summed E-state index contributed by atoms with van der Waals surface area (Å²) in [7, 11) is -5.17. The zero-order valence-electron chi connectivity index (χ0n) is 33.6. The first-order valence-corrected chi connectivity index (χ1v) is 22.1. The van der Waals surface area contributed by atoms with Gasteiger partial charge in [0.05, 0.1) is 58.5 Å². The fraction of sp³-hybridized carbons (Fsp3) is 0.850. The number of halogens is 1. The molecular weight excluding hydrogens is 700 g/mol. The van der Waals surface area contributed by atoms with Gasteiger partial charge in [-0.15, -0.1) is 0 Å². The van der Waals surface area contributed by atoms with Crippen molar-refractivity contribution < 1.29 is 31.6 Å². The van der Waals surface area contributed by atoms with E-state index in [4.69, 9.17) is 22.6 Å². The van der Waals surface area contributed by atoms with E-state index in [0.29, 0.717) is 0 Å². The van der Waals surface area contributed by atoms with Crippen molar-refractivity contribution in [1.82, 2.24) is 0 Å². The Labute approximate surface area is 314 Å². The Bertz CT molecular complexity index is 827. The van der Waals surface area contributed by atoms with Crippen molar-refractivity contribution in [3.63, 3.8) is 0 Å². The summed E-state index contributed by atoms with van der Waals surface area (Å²) in [6.45, 7) is 31.8. The molecule has 1 rings (SSSR count). The van der Waals surface area contributed by atoms with Crippen molar-refractivity contribution in [1.29, 1.82) is 0 Å². The summed E-state index contributed by atoms with van der Waals surface area (Å²) < 4.78 is 37.9. The number of aliphatic hydroxyl groups is 1. The molecule has 0 amide bonds. The van der Waals surface area contributed by atoms with Crippen LogP contribution in [0, 0.1) is 0 Å². The highest BCUT2D eigenvalue weighted by molar-refractivity contribution is 9.10. The number of hydrogen-bond acceptors (Lipinski definition) is 5. The van der Waals surface area contributed by atoms with Gasteiger partial charge in [0.1, 0.15) is 0 Å². The fourth-order valence-electron chi connectivity index (χ4n) is 6.06. The molecule has 1 aromatic rings. The van der Waals surface area contributed by atoms with Gasteiger partial charge >= 0.3 is 0 Å². The smallest absolute Gasteiger partial charge is 0.0786 e. The van der Waals surface area contributed by atoms with E-state index in [0.717, 1.165) is 10.0 Å². The fourth-order valence-corrected chi connectivity index (χ4v) is 6.47. The van der Waals surface area contributed by atoms with E-state index in [-0.39, 0.29) is 6.10 Å². The monoisotopic (exact) mass is 781 g/mol. The minimum absolute atomic E-state index is 0.377. The van der Waals surface area contributed by atoms with Gasteiger partial charge in [-0.1, -0.05) is 135 Å². The standard InChI is InChI=1S/2C16H36N.C8H9BrO.H2O4S/c2*1-5-9-13-17(14-10-6-2,15-11-7-3)16-12-8-4;1-6(10)7-3-2-4-8(9)5-7;1-5(2,3)4/h2*5-16H2,1-4H3;2-6,10H,1H3;(H2,1,2,3,4)/q2*+1;;/p-2. The number of quaternary nitrogens is 2. The molecule has 49 heavy (non-hydrogen) atoms.